The lowest BCUT2D eigenvalue weighted by atomic mass is 10.1. The van der Waals surface area contributed by atoms with Gasteiger partial charge in [-0.2, -0.15) is 18.3 Å². The van der Waals surface area contributed by atoms with Crippen LogP contribution >= 0.6 is 11.6 Å². The summed E-state index contributed by atoms with van der Waals surface area (Å²) in [6, 6.07) is 8.72. The Kier molecular flexibility index (Phi) is 6.74. The number of anilines is 1. The van der Waals surface area contributed by atoms with E-state index in [0.717, 1.165) is 18.2 Å². The fourth-order valence-electron chi connectivity index (χ4n) is 3.72. The lowest BCUT2D eigenvalue weighted by Crippen LogP contribution is -2.57. The van der Waals surface area contributed by atoms with Gasteiger partial charge in [-0.3, -0.25) is 14.4 Å². The topological polar surface area (TPSA) is 59.4 Å². The highest BCUT2D eigenvalue weighted by molar-refractivity contribution is 6.33. The van der Waals surface area contributed by atoms with Crippen molar-refractivity contribution in [3.8, 4) is 17.0 Å². The first-order valence-electron chi connectivity index (χ1n) is 10.5. The molecule has 4 rings (SSSR count). The summed E-state index contributed by atoms with van der Waals surface area (Å²) in [5.74, 6) is -3.03. The largest absolute Gasteiger partial charge is 0.492 e. The van der Waals surface area contributed by atoms with Crippen LogP contribution in [-0.2, 0) is 13.2 Å². The Morgan fingerprint density at radius 2 is 1.94 bits per heavy atom. The van der Waals surface area contributed by atoms with Crippen molar-refractivity contribution in [3.63, 3.8) is 0 Å². The van der Waals surface area contributed by atoms with Crippen molar-refractivity contribution in [2.75, 3.05) is 31.6 Å². The number of aromatic nitrogens is 2. The molecule has 186 valence electrons. The van der Waals surface area contributed by atoms with E-state index >= 15 is 0 Å². The van der Waals surface area contributed by atoms with Gasteiger partial charge in [0.2, 0.25) is 0 Å². The SMILES string of the molecule is Cn1ncc(Cl)c1-c1cc(NC(=O)c2cccc(C(F)(F)F)c2)ccc1OCCN1CC(F)(F)C1. The fraction of sp³-hybridized carbons (Fsp3) is 0.304. The van der Waals surface area contributed by atoms with Gasteiger partial charge >= 0.3 is 6.18 Å². The molecular formula is C23H20ClF5N4O2. The first-order chi connectivity index (χ1) is 16.4. The maximum absolute atomic E-state index is 13.0. The van der Waals surface area contributed by atoms with Crippen molar-refractivity contribution >= 4 is 23.2 Å². The molecule has 2 aromatic carbocycles. The first kappa shape index (κ1) is 24.9. The van der Waals surface area contributed by atoms with Crippen LogP contribution in [0.4, 0.5) is 27.6 Å². The molecule has 12 heteroatoms. The molecule has 1 aliphatic rings. The third kappa shape index (κ3) is 5.73. The van der Waals surface area contributed by atoms with Crippen LogP contribution in [0.3, 0.4) is 0 Å². The summed E-state index contributed by atoms with van der Waals surface area (Å²) in [5.41, 5.74) is 0.135. The van der Waals surface area contributed by atoms with Gasteiger partial charge < -0.3 is 10.1 Å². The lowest BCUT2D eigenvalue weighted by molar-refractivity contribution is -0.137. The number of alkyl halides is 5. The van der Waals surface area contributed by atoms with Gasteiger partial charge in [0.1, 0.15) is 12.4 Å². The van der Waals surface area contributed by atoms with Gasteiger partial charge in [0.25, 0.3) is 11.8 Å². The highest BCUT2D eigenvalue weighted by Crippen LogP contribution is 2.37. The number of aryl methyl sites for hydroxylation is 1. The van der Waals surface area contributed by atoms with E-state index in [1.54, 1.807) is 24.1 Å². The molecule has 0 radical (unpaired) electrons. The Morgan fingerprint density at radius 3 is 2.57 bits per heavy atom. The third-order valence-electron chi connectivity index (χ3n) is 5.41. The number of likely N-dealkylation sites (tertiary alicyclic amines) is 1. The molecule has 2 heterocycles. The molecule has 1 saturated heterocycles. The summed E-state index contributed by atoms with van der Waals surface area (Å²) in [7, 11) is 1.65. The average Bonchev–Trinajstić information content (AvgIpc) is 3.10. The lowest BCUT2D eigenvalue weighted by Gasteiger charge is -2.38. The van der Waals surface area contributed by atoms with E-state index in [1.807, 2.05) is 0 Å². The maximum atomic E-state index is 13.0. The second-order valence-corrected chi connectivity index (χ2v) is 8.53. The van der Waals surface area contributed by atoms with Crippen molar-refractivity contribution in [3.05, 3.63) is 64.8 Å². The first-order valence-corrected chi connectivity index (χ1v) is 10.8. The van der Waals surface area contributed by atoms with Crippen molar-refractivity contribution in [1.29, 1.82) is 0 Å². The number of carbonyl (C=O) groups is 1. The summed E-state index contributed by atoms with van der Waals surface area (Å²) in [6.07, 6.45) is -3.15. The number of nitrogens with one attached hydrogen (secondary N) is 1. The van der Waals surface area contributed by atoms with E-state index in [-0.39, 0.29) is 30.9 Å². The smallest absolute Gasteiger partial charge is 0.416 e. The van der Waals surface area contributed by atoms with Crippen LogP contribution in [-0.4, -0.2) is 52.8 Å². The Morgan fingerprint density at radius 1 is 1.20 bits per heavy atom. The van der Waals surface area contributed by atoms with Crippen LogP contribution in [0, 0.1) is 0 Å². The van der Waals surface area contributed by atoms with E-state index in [4.69, 9.17) is 16.3 Å². The maximum Gasteiger partial charge on any atom is 0.416 e. The second-order valence-electron chi connectivity index (χ2n) is 8.12. The molecule has 0 bridgehead atoms. The quantitative estimate of drug-likeness (QED) is 0.432. The van der Waals surface area contributed by atoms with E-state index < -0.39 is 23.6 Å². The Bertz CT molecular complexity index is 1220. The molecule has 1 amide bonds. The van der Waals surface area contributed by atoms with Gasteiger partial charge in [0.05, 0.1) is 35.6 Å². The van der Waals surface area contributed by atoms with Crippen LogP contribution < -0.4 is 10.1 Å². The number of hydrogen-bond acceptors (Lipinski definition) is 4. The Balaban J connectivity index is 1.55. The number of ether oxygens (including phenoxy) is 1. The molecule has 1 N–H and O–H groups in total. The predicted molar refractivity (Wildman–Crippen MR) is 120 cm³/mol. The normalized spacial score (nSPS) is 15.5. The summed E-state index contributed by atoms with van der Waals surface area (Å²) in [5, 5.41) is 6.98. The number of carbonyl (C=O) groups excluding carboxylic acids is 1. The van der Waals surface area contributed by atoms with Crippen molar-refractivity contribution in [1.82, 2.24) is 14.7 Å². The monoisotopic (exact) mass is 514 g/mol. The van der Waals surface area contributed by atoms with Gasteiger partial charge in [-0.15, -0.1) is 0 Å². The molecule has 6 nitrogen and oxygen atoms in total. The number of hydrogen-bond donors (Lipinski definition) is 1. The molecule has 1 aromatic heterocycles. The zero-order valence-electron chi connectivity index (χ0n) is 18.4. The van der Waals surface area contributed by atoms with E-state index in [2.05, 4.69) is 10.4 Å². The minimum Gasteiger partial charge on any atom is -0.492 e. The van der Waals surface area contributed by atoms with Crippen LogP contribution in [0.2, 0.25) is 5.02 Å². The van der Waals surface area contributed by atoms with Gasteiger partial charge in [-0.1, -0.05) is 17.7 Å². The zero-order chi connectivity index (χ0) is 25.4. The highest BCUT2D eigenvalue weighted by Gasteiger charge is 2.43. The minimum absolute atomic E-state index is 0.133. The van der Waals surface area contributed by atoms with E-state index in [9.17, 15) is 26.7 Å². The summed E-state index contributed by atoms with van der Waals surface area (Å²) >= 11 is 6.29. The molecule has 3 aromatic rings. The predicted octanol–water partition coefficient (Wildman–Crippen LogP) is 5.34. The molecule has 1 aliphatic heterocycles. The number of nitrogens with zero attached hydrogens (tertiary/aromatic N) is 3. The third-order valence-corrected chi connectivity index (χ3v) is 5.69. The van der Waals surface area contributed by atoms with Gasteiger partial charge in [0.15, 0.2) is 0 Å². The van der Waals surface area contributed by atoms with Crippen molar-refractivity contribution < 1.29 is 31.5 Å². The Labute approximate surface area is 202 Å². The number of rotatable bonds is 7. The average molecular weight is 515 g/mol. The van der Waals surface area contributed by atoms with Gasteiger partial charge in [-0.25, -0.2) is 8.78 Å². The molecule has 0 atom stereocenters. The minimum atomic E-state index is -4.58. The van der Waals surface area contributed by atoms with Crippen LogP contribution in [0.5, 0.6) is 5.75 Å². The molecule has 35 heavy (non-hydrogen) atoms. The standard InChI is InChI=1S/C23H20ClF5N4O2/c1-32-20(18(24)11-30-32)17-10-16(5-6-19(17)35-8-7-33-12-22(25,26)13-33)31-21(34)14-3-2-4-15(9-14)23(27,28)29/h2-6,9-11H,7-8,12-13H2,1H3,(H,31,34). The summed E-state index contributed by atoms with van der Waals surface area (Å²) < 4.78 is 72.4. The van der Waals surface area contributed by atoms with Crippen LogP contribution in [0.25, 0.3) is 11.3 Å². The zero-order valence-corrected chi connectivity index (χ0v) is 19.1. The van der Waals surface area contributed by atoms with Gasteiger partial charge in [0, 0.05) is 30.4 Å². The highest BCUT2D eigenvalue weighted by atomic mass is 35.5. The molecule has 0 aliphatic carbocycles. The van der Waals surface area contributed by atoms with E-state index in [1.165, 1.54) is 23.0 Å². The number of halogens is 6. The van der Waals surface area contributed by atoms with Crippen molar-refractivity contribution in [2.24, 2.45) is 7.05 Å². The van der Waals surface area contributed by atoms with E-state index in [0.29, 0.717) is 28.6 Å². The summed E-state index contributed by atoms with van der Waals surface area (Å²) in [4.78, 5) is 14.2. The Hall–Kier alpha value is -3.18. The molecule has 0 saturated carbocycles. The van der Waals surface area contributed by atoms with Crippen LogP contribution in [0.15, 0.2) is 48.7 Å². The molecule has 0 spiro atoms. The molecule has 0 unspecified atom stereocenters. The second kappa shape index (κ2) is 9.46. The summed E-state index contributed by atoms with van der Waals surface area (Å²) in [6.45, 7) is -0.217. The number of amides is 1. The molecular weight excluding hydrogens is 495 g/mol. The van der Waals surface area contributed by atoms with Gasteiger partial charge in [-0.05, 0) is 36.4 Å². The van der Waals surface area contributed by atoms with Crippen molar-refractivity contribution in [2.45, 2.75) is 12.1 Å². The van der Waals surface area contributed by atoms with Crippen LogP contribution in [0.1, 0.15) is 15.9 Å². The molecule has 1 fully saturated rings. The number of benzene rings is 2. The fourth-order valence-corrected chi connectivity index (χ4v) is 3.99.